The lowest BCUT2D eigenvalue weighted by atomic mass is 10.2. The highest BCUT2D eigenvalue weighted by Crippen LogP contribution is 2.11. The average Bonchev–Trinajstić information content (AvgIpc) is 3.21. The van der Waals surface area contributed by atoms with E-state index in [0.717, 1.165) is 35.3 Å². The zero-order valence-electron chi connectivity index (χ0n) is 11.2. The first-order valence-electron chi connectivity index (χ1n) is 6.56. The van der Waals surface area contributed by atoms with Crippen LogP contribution in [0.5, 0.6) is 0 Å². The highest BCUT2D eigenvalue weighted by Gasteiger charge is 2.06. The minimum Gasteiger partial charge on any atom is -0.356 e. The molecule has 0 amide bonds. The van der Waals surface area contributed by atoms with Crippen molar-refractivity contribution in [3.8, 4) is 0 Å². The first kappa shape index (κ1) is 13.1. The second-order valence-corrected chi connectivity index (χ2v) is 4.85. The Bertz CT molecular complexity index is 703. The summed E-state index contributed by atoms with van der Waals surface area (Å²) in [5.74, 6) is 0. The molecule has 3 N–H and O–H groups in total. The zero-order valence-corrected chi connectivity index (χ0v) is 11.2. The van der Waals surface area contributed by atoms with Gasteiger partial charge in [-0.15, -0.1) is 0 Å². The van der Waals surface area contributed by atoms with E-state index >= 15 is 0 Å². The summed E-state index contributed by atoms with van der Waals surface area (Å²) in [5, 5.41) is 7.23. The maximum atomic E-state index is 10.6. The number of aromatic nitrogens is 4. The third-order valence-electron chi connectivity index (χ3n) is 3.23. The number of carbonyl (C=O) groups is 2. The van der Waals surface area contributed by atoms with Crippen LogP contribution in [0, 0.1) is 0 Å². The lowest BCUT2D eigenvalue weighted by Crippen LogP contribution is -1.89. The molecule has 21 heavy (non-hydrogen) atoms. The van der Waals surface area contributed by atoms with Crippen LogP contribution in [-0.2, 0) is 12.8 Å². The Morgan fingerprint density at radius 2 is 1.48 bits per heavy atom. The number of hydrogen-bond donors (Lipinski definition) is 3. The first-order chi connectivity index (χ1) is 10.3. The molecule has 0 aliphatic rings. The quantitative estimate of drug-likeness (QED) is 0.602. The van der Waals surface area contributed by atoms with E-state index in [0.29, 0.717) is 24.2 Å². The number of aromatic amines is 3. The lowest BCUT2D eigenvalue weighted by molar-refractivity contribution is 0.111. The molecule has 0 saturated carbocycles. The predicted octanol–water partition coefficient (Wildman–Crippen LogP) is 1.87. The summed E-state index contributed by atoms with van der Waals surface area (Å²) in [5.41, 5.74) is 4.89. The number of H-pyrrole nitrogens is 3. The standard InChI is InChI=1S/C15H14N4O2/c20-8-12-3-1-10(16-12)5-14-7-15(19-18-14)6-11-2-4-13(9-21)17-11/h1-4,7-9,16-17H,5-6H2,(H,18,19). The number of nitrogens with one attached hydrogen (secondary N) is 3. The van der Waals surface area contributed by atoms with Crippen molar-refractivity contribution < 1.29 is 9.59 Å². The van der Waals surface area contributed by atoms with E-state index in [2.05, 4.69) is 20.2 Å². The molecular weight excluding hydrogens is 268 g/mol. The smallest absolute Gasteiger partial charge is 0.166 e. The summed E-state index contributed by atoms with van der Waals surface area (Å²) >= 11 is 0. The number of nitrogens with zero attached hydrogens (tertiary/aromatic N) is 1. The second-order valence-electron chi connectivity index (χ2n) is 4.85. The van der Waals surface area contributed by atoms with Crippen molar-refractivity contribution in [3.63, 3.8) is 0 Å². The fourth-order valence-electron chi connectivity index (χ4n) is 2.25. The van der Waals surface area contributed by atoms with Crippen molar-refractivity contribution in [1.29, 1.82) is 0 Å². The second kappa shape index (κ2) is 5.62. The minimum atomic E-state index is 0.563. The topological polar surface area (TPSA) is 94.4 Å². The number of carbonyl (C=O) groups excluding carboxylic acids is 2. The Balaban J connectivity index is 1.68. The van der Waals surface area contributed by atoms with Gasteiger partial charge in [-0.2, -0.15) is 5.10 Å². The van der Waals surface area contributed by atoms with Gasteiger partial charge in [-0.05, 0) is 30.3 Å². The monoisotopic (exact) mass is 282 g/mol. The highest BCUT2D eigenvalue weighted by molar-refractivity contribution is 5.72. The van der Waals surface area contributed by atoms with Crippen LogP contribution in [0.15, 0.2) is 30.3 Å². The molecule has 3 rings (SSSR count). The zero-order chi connectivity index (χ0) is 14.7. The van der Waals surface area contributed by atoms with Gasteiger partial charge in [-0.25, -0.2) is 0 Å². The fourth-order valence-corrected chi connectivity index (χ4v) is 2.25. The summed E-state index contributed by atoms with van der Waals surface area (Å²) < 4.78 is 0. The normalized spacial score (nSPS) is 10.7. The molecule has 0 atom stereocenters. The van der Waals surface area contributed by atoms with Crippen LogP contribution >= 0.6 is 0 Å². The van der Waals surface area contributed by atoms with Crippen LogP contribution in [0.4, 0.5) is 0 Å². The Morgan fingerprint density at radius 1 is 0.857 bits per heavy atom. The van der Waals surface area contributed by atoms with Crippen molar-refractivity contribution >= 4 is 12.6 Å². The van der Waals surface area contributed by atoms with Crippen molar-refractivity contribution in [3.05, 3.63) is 64.5 Å². The molecule has 0 fully saturated rings. The summed E-state index contributed by atoms with van der Waals surface area (Å²) in [6, 6.07) is 9.23. The molecule has 0 spiro atoms. The van der Waals surface area contributed by atoms with Crippen LogP contribution < -0.4 is 0 Å². The van der Waals surface area contributed by atoms with E-state index in [1.807, 2.05) is 18.2 Å². The average molecular weight is 282 g/mol. The molecule has 0 aliphatic heterocycles. The van der Waals surface area contributed by atoms with Gasteiger partial charge in [-0.1, -0.05) is 0 Å². The van der Waals surface area contributed by atoms with Gasteiger partial charge in [0.2, 0.25) is 0 Å². The molecule has 0 bridgehead atoms. The molecular formula is C15H14N4O2. The number of hydrogen-bond acceptors (Lipinski definition) is 3. The van der Waals surface area contributed by atoms with E-state index in [9.17, 15) is 9.59 Å². The molecule has 3 aromatic rings. The summed E-state index contributed by atoms with van der Waals surface area (Å²) in [6.45, 7) is 0. The van der Waals surface area contributed by atoms with Crippen molar-refractivity contribution in [2.45, 2.75) is 12.8 Å². The maximum Gasteiger partial charge on any atom is 0.166 e. The van der Waals surface area contributed by atoms with Gasteiger partial charge in [0.25, 0.3) is 0 Å². The number of rotatable bonds is 6. The van der Waals surface area contributed by atoms with Crippen molar-refractivity contribution in [2.24, 2.45) is 0 Å². The predicted molar refractivity (Wildman–Crippen MR) is 76.6 cm³/mol. The largest absolute Gasteiger partial charge is 0.356 e. The number of aldehydes is 2. The van der Waals surface area contributed by atoms with Gasteiger partial charge in [0.1, 0.15) is 0 Å². The van der Waals surface area contributed by atoms with Crippen molar-refractivity contribution in [2.75, 3.05) is 0 Å². The van der Waals surface area contributed by atoms with Gasteiger partial charge < -0.3 is 9.97 Å². The third kappa shape index (κ3) is 3.00. The Morgan fingerprint density at radius 3 is 2.05 bits per heavy atom. The van der Waals surface area contributed by atoms with E-state index in [1.54, 1.807) is 12.1 Å². The van der Waals surface area contributed by atoms with E-state index < -0.39 is 0 Å². The Labute approximate surface area is 120 Å². The molecule has 0 unspecified atom stereocenters. The van der Waals surface area contributed by atoms with Crippen LogP contribution in [0.2, 0.25) is 0 Å². The molecule has 0 radical (unpaired) electrons. The molecule has 0 aromatic carbocycles. The van der Waals surface area contributed by atoms with Gasteiger partial charge in [0.05, 0.1) is 17.1 Å². The molecule has 6 heteroatoms. The van der Waals surface area contributed by atoms with E-state index in [-0.39, 0.29) is 0 Å². The minimum absolute atomic E-state index is 0.563. The van der Waals surface area contributed by atoms with E-state index in [1.165, 1.54) is 0 Å². The Hall–Kier alpha value is -2.89. The van der Waals surface area contributed by atoms with E-state index in [4.69, 9.17) is 0 Å². The van der Waals surface area contributed by atoms with Gasteiger partial charge >= 0.3 is 0 Å². The first-order valence-corrected chi connectivity index (χ1v) is 6.56. The Kier molecular flexibility index (Phi) is 3.51. The van der Waals surface area contributed by atoms with Gasteiger partial charge in [0, 0.05) is 29.9 Å². The van der Waals surface area contributed by atoms with Crippen molar-refractivity contribution in [1.82, 2.24) is 20.2 Å². The molecule has 0 saturated heterocycles. The molecule has 3 heterocycles. The lowest BCUT2D eigenvalue weighted by Gasteiger charge is -1.93. The summed E-state index contributed by atoms with van der Waals surface area (Å²) in [4.78, 5) is 27.3. The molecule has 6 nitrogen and oxygen atoms in total. The van der Waals surface area contributed by atoms with Crippen LogP contribution in [0.3, 0.4) is 0 Å². The SMILES string of the molecule is O=Cc1ccc(Cc2cc(Cc3ccc(C=O)[nH]3)[nH]n2)[nH]1. The van der Waals surface area contributed by atoms with Crippen LogP contribution in [-0.4, -0.2) is 32.7 Å². The van der Waals surface area contributed by atoms with Gasteiger partial charge in [0.15, 0.2) is 12.6 Å². The fraction of sp³-hybridized carbons (Fsp3) is 0.133. The van der Waals surface area contributed by atoms with Crippen LogP contribution in [0.25, 0.3) is 0 Å². The summed E-state index contributed by atoms with van der Waals surface area (Å²) in [6.07, 6.45) is 2.87. The molecule has 106 valence electrons. The third-order valence-corrected chi connectivity index (χ3v) is 3.23. The summed E-state index contributed by atoms with van der Waals surface area (Å²) in [7, 11) is 0. The van der Waals surface area contributed by atoms with Gasteiger partial charge in [-0.3, -0.25) is 14.7 Å². The molecule has 0 aliphatic carbocycles. The highest BCUT2D eigenvalue weighted by atomic mass is 16.1. The molecule has 3 aromatic heterocycles. The maximum absolute atomic E-state index is 10.6. The van der Waals surface area contributed by atoms with Crippen LogP contribution in [0.1, 0.15) is 43.8 Å².